The summed E-state index contributed by atoms with van der Waals surface area (Å²) in [7, 11) is -1.98. The van der Waals surface area contributed by atoms with Crippen molar-refractivity contribution in [2.45, 2.75) is 26.8 Å². The van der Waals surface area contributed by atoms with Crippen LogP contribution in [0.15, 0.2) is 42.5 Å². The van der Waals surface area contributed by atoms with Gasteiger partial charge in [0.2, 0.25) is 15.9 Å². The fourth-order valence-electron chi connectivity index (χ4n) is 2.77. The van der Waals surface area contributed by atoms with Crippen LogP contribution < -0.4 is 10.1 Å². The van der Waals surface area contributed by atoms with Crippen LogP contribution in [0.3, 0.4) is 0 Å². The number of rotatable bonds is 8. The summed E-state index contributed by atoms with van der Waals surface area (Å²) in [6.07, 6.45) is 1.88. The van der Waals surface area contributed by atoms with Crippen LogP contribution in [-0.4, -0.2) is 38.5 Å². The van der Waals surface area contributed by atoms with Crippen LogP contribution in [0.25, 0.3) is 0 Å². The number of sulfonamides is 1. The Kier molecular flexibility index (Phi) is 6.98. The standard InChI is InChI=1S/C20H26N2O4S/c1-5-17-8-6-7-15(2)20(17)21-19(23)14-22(27(4,24)25)13-16-9-11-18(26-3)12-10-16/h6-12H,5,13-14H2,1-4H3,(H,21,23). The molecule has 0 saturated carbocycles. The third-order valence-corrected chi connectivity index (χ3v) is 5.51. The molecular formula is C20H26N2O4S. The molecule has 0 fully saturated rings. The molecule has 1 amide bonds. The van der Waals surface area contributed by atoms with Crippen LogP contribution in [0, 0.1) is 6.92 Å². The number of hydrogen-bond acceptors (Lipinski definition) is 4. The van der Waals surface area contributed by atoms with E-state index in [0.717, 1.165) is 39.4 Å². The predicted octanol–water partition coefficient (Wildman–Crippen LogP) is 2.97. The van der Waals surface area contributed by atoms with Gasteiger partial charge in [-0.05, 0) is 42.2 Å². The second-order valence-electron chi connectivity index (χ2n) is 6.39. The Labute approximate surface area is 161 Å². The molecule has 0 aliphatic rings. The average molecular weight is 391 g/mol. The quantitative estimate of drug-likeness (QED) is 0.752. The van der Waals surface area contributed by atoms with Gasteiger partial charge in [-0.2, -0.15) is 4.31 Å². The largest absolute Gasteiger partial charge is 0.497 e. The summed E-state index contributed by atoms with van der Waals surface area (Å²) in [6, 6.07) is 12.9. The van der Waals surface area contributed by atoms with Crippen molar-refractivity contribution in [1.82, 2.24) is 4.31 Å². The van der Waals surface area contributed by atoms with Crippen LogP contribution in [0.5, 0.6) is 5.75 Å². The molecule has 0 aliphatic carbocycles. The van der Waals surface area contributed by atoms with Gasteiger partial charge in [0.15, 0.2) is 0 Å². The normalized spacial score (nSPS) is 11.4. The van der Waals surface area contributed by atoms with Crippen molar-refractivity contribution >= 4 is 21.6 Å². The van der Waals surface area contributed by atoms with E-state index in [1.165, 1.54) is 0 Å². The first-order valence-electron chi connectivity index (χ1n) is 8.71. The molecule has 27 heavy (non-hydrogen) atoms. The summed E-state index contributed by atoms with van der Waals surface area (Å²) >= 11 is 0. The molecule has 0 bridgehead atoms. The Bertz CT molecular complexity index is 893. The third kappa shape index (κ3) is 5.80. The maximum atomic E-state index is 12.5. The van der Waals surface area contributed by atoms with Gasteiger partial charge in [0.25, 0.3) is 0 Å². The predicted molar refractivity (Wildman–Crippen MR) is 107 cm³/mol. The van der Waals surface area contributed by atoms with E-state index >= 15 is 0 Å². The van der Waals surface area contributed by atoms with Crippen molar-refractivity contribution in [3.8, 4) is 5.75 Å². The van der Waals surface area contributed by atoms with E-state index in [9.17, 15) is 13.2 Å². The van der Waals surface area contributed by atoms with Crippen LogP contribution in [-0.2, 0) is 27.8 Å². The maximum Gasteiger partial charge on any atom is 0.239 e. The third-order valence-electron chi connectivity index (χ3n) is 4.31. The number of aryl methyl sites for hydroxylation is 2. The number of nitrogens with one attached hydrogen (secondary N) is 1. The van der Waals surface area contributed by atoms with E-state index in [0.29, 0.717) is 5.75 Å². The van der Waals surface area contributed by atoms with Gasteiger partial charge in [0.1, 0.15) is 5.75 Å². The molecule has 6 nitrogen and oxygen atoms in total. The summed E-state index contributed by atoms with van der Waals surface area (Å²) in [5, 5.41) is 2.87. The highest BCUT2D eigenvalue weighted by molar-refractivity contribution is 7.88. The molecule has 2 aromatic carbocycles. The van der Waals surface area contributed by atoms with Crippen LogP contribution in [0.2, 0.25) is 0 Å². The SMILES string of the molecule is CCc1cccc(C)c1NC(=O)CN(Cc1ccc(OC)cc1)S(C)(=O)=O. The van der Waals surface area contributed by atoms with Crippen molar-refractivity contribution in [3.05, 3.63) is 59.2 Å². The zero-order valence-electron chi connectivity index (χ0n) is 16.2. The van der Waals surface area contributed by atoms with Crippen LogP contribution in [0.1, 0.15) is 23.6 Å². The lowest BCUT2D eigenvalue weighted by Crippen LogP contribution is -2.37. The number of methoxy groups -OCH3 is 1. The summed E-state index contributed by atoms with van der Waals surface area (Å²) in [4.78, 5) is 12.5. The van der Waals surface area contributed by atoms with Gasteiger partial charge in [0.05, 0.1) is 19.9 Å². The average Bonchev–Trinajstić information content (AvgIpc) is 2.62. The Morgan fingerprint density at radius 1 is 1.15 bits per heavy atom. The lowest BCUT2D eigenvalue weighted by Gasteiger charge is -2.21. The Morgan fingerprint density at radius 2 is 1.81 bits per heavy atom. The molecule has 0 heterocycles. The number of amides is 1. The minimum atomic E-state index is -3.55. The zero-order valence-corrected chi connectivity index (χ0v) is 17.0. The van der Waals surface area contributed by atoms with Crippen LogP contribution in [0.4, 0.5) is 5.69 Å². The molecule has 146 valence electrons. The van der Waals surface area contributed by atoms with E-state index in [4.69, 9.17) is 4.74 Å². The Balaban J connectivity index is 2.15. The summed E-state index contributed by atoms with van der Waals surface area (Å²) in [5.41, 5.74) is 3.50. The number of carbonyl (C=O) groups is 1. The monoisotopic (exact) mass is 390 g/mol. The number of hydrogen-bond donors (Lipinski definition) is 1. The first-order chi connectivity index (χ1) is 12.7. The molecule has 2 aromatic rings. The fourth-order valence-corrected chi connectivity index (χ4v) is 3.50. The van der Waals surface area contributed by atoms with Crippen molar-refractivity contribution in [3.63, 3.8) is 0 Å². The topological polar surface area (TPSA) is 75.7 Å². The highest BCUT2D eigenvalue weighted by Gasteiger charge is 2.21. The smallest absolute Gasteiger partial charge is 0.239 e. The fraction of sp³-hybridized carbons (Fsp3) is 0.350. The molecule has 7 heteroatoms. The molecule has 0 spiro atoms. The summed E-state index contributed by atoms with van der Waals surface area (Å²) < 4.78 is 30.6. The first-order valence-corrected chi connectivity index (χ1v) is 10.6. The molecule has 2 rings (SSSR count). The lowest BCUT2D eigenvalue weighted by molar-refractivity contribution is -0.116. The number of benzene rings is 2. The maximum absolute atomic E-state index is 12.5. The van der Waals surface area contributed by atoms with E-state index < -0.39 is 10.0 Å². The number of anilines is 1. The molecule has 0 radical (unpaired) electrons. The molecule has 0 aromatic heterocycles. The van der Waals surface area contributed by atoms with Gasteiger partial charge in [-0.15, -0.1) is 0 Å². The van der Waals surface area contributed by atoms with Gasteiger partial charge < -0.3 is 10.1 Å². The highest BCUT2D eigenvalue weighted by Crippen LogP contribution is 2.21. The minimum Gasteiger partial charge on any atom is -0.497 e. The number of nitrogens with zero attached hydrogens (tertiary/aromatic N) is 1. The second-order valence-corrected chi connectivity index (χ2v) is 8.37. The lowest BCUT2D eigenvalue weighted by atomic mass is 10.1. The van der Waals surface area contributed by atoms with Gasteiger partial charge in [-0.1, -0.05) is 37.3 Å². The highest BCUT2D eigenvalue weighted by atomic mass is 32.2. The van der Waals surface area contributed by atoms with Crippen molar-refractivity contribution < 1.29 is 17.9 Å². The molecular weight excluding hydrogens is 364 g/mol. The molecule has 0 unspecified atom stereocenters. The van der Waals surface area contributed by atoms with Gasteiger partial charge >= 0.3 is 0 Å². The Hall–Kier alpha value is -2.38. The summed E-state index contributed by atoms with van der Waals surface area (Å²) in [6.45, 7) is 3.80. The van der Waals surface area contributed by atoms with E-state index in [1.807, 2.05) is 32.0 Å². The summed E-state index contributed by atoms with van der Waals surface area (Å²) in [5.74, 6) is 0.326. The van der Waals surface area contributed by atoms with Crippen molar-refractivity contribution in [2.75, 3.05) is 25.2 Å². The van der Waals surface area contributed by atoms with Crippen LogP contribution >= 0.6 is 0 Å². The molecule has 0 atom stereocenters. The molecule has 1 N–H and O–H groups in total. The first kappa shape index (κ1) is 20.9. The van der Waals surface area contributed by atoms with Crippen molar-refractivity contribution in [2.24, 2.45) is 0 Å². The van der Waals surface area contributed by atoms with E-state index in [1.54, 1.807) is 31.4 Å². The van der Waals surface area contributed by atoms with Gasteiger partial charge in [-0.3, -0.25) is 4.79 Å². The zero-order chi connectivity index (χ0) is 20.0. The number of carbonyl (C=O) groups excluding carboxylic acids is 1. The van der Waals surface area contributed by atoms with Gasteiger partial charge in [0, 0.05) is 12.2 Å². The molecule has 0 saturated heterocycles. The number of ether oxygens (including phenoxy) is 1. The van der Waals surface area contributed by atoms with E-state index in [-0.39, 0.29) is 19.0 Å². The second kappa shape index (κ2) is 9.01. The van der Waals surface area contributed by atoms with Gasteiger partial charge in [-0.25, -0.2) is 8.42 Å². The molecule has 0 aliphatic heterocycles. The van der Waals surface area contributed by atoms with Crippen molar-refractivity contribution in [1.29, 1.82) is 0 Å². The minimum absolute atomic E-state index is 0.116. The number of para-hydroxylation sites is 1. The Morgan fingerprint density at radius 3 is 2.37 bits per heavy atom. The van der Waals surface area contributed by atoms with E-state index in [2.05, 4.69) is 5.32 Å².